The molecule has 1 saturated carbocycles. The fraction of sp³-hybridized carbons (Fsp3) is 0.613. The number of fused-ring (bicyclic) bond motifs is 1. The SMILES string of the molecule is CC(C)CN1CCC2(CCN(Cc3ccc(CN(Cc4ncc[nH]4)CC45CC4C=CN5)cc3)C2)CC1C(=O)O. The van der Waals surface area contributed by atoms with Gasteiger partial charge in [0.25, 0.3) is 0 Å². The molecule has 4 unspecified atom stereocenters. The lowest BCUT2D eigenvalue weighted by molar-refractivity contribution is -0.147. The molecule has 2 aromatic rings. The van der Waals surface area contributed by atoms with E-state index in [-0.39, 0.29) is 17.0 Å². The first-order valence-electron chi connectivity index (χ1n) is 14.7. The third-order valence-electron chi connectivity index (χ3n) is 9.50. The van der Waals surface area contributed by atoms with Gasteiger partial charge in [0.1, 0.15) is 11.9 Å². The monoisotopic (exact) mass is 532 g/mol. The van der Waals surface area contributed by atoms with Crippen molar-refractivity contribution in [3.05, 3.63) is 65.9 Å². The van der Waals surface area contributed by atoms with Crippen LogP contribution in [0, 0.1) is 17.3 Å². The Kier molecular flexibility index (Phi) is 7.29. The summed E-state index contributed by atoms with van der Waals surface area (Å²) < 4.78 is 0. The predicted molar refractivity (Wildman–Crippen MR) is 152 cm³/mol. The Morgan fingerprint density at radius 1 is 1.15 bits per heavy atom. The molecule has 1 aromatic heterocycles. The first-order chi connectivity index (χ1) is 18.8. The molecule has 2 saturated heterocycles. The average Bonchev–Trinajstić information content (AvgIpc) is 3.30. The molecule has 8 heteroatoms. The van der Waals surface area contributed by atoms with Gasteiger partial charge in [-0.1, -0.05) is 44.2 Å². The molecule has 1 aliphatic carbocycles. The number of carboxylic acids is 1. The van der Waals surface area contributed by atoms with Gasteiger partial charge in [0.05, 0.1) is 12.1 Å². The number of piperidine rings is 1. The van der Waals surface area contributed by atoms with Crippen LogP contribution in [0.2, 0.25) is 0 Å². The summed E-state index contributed by atoms with van der Waals surface area (Å²) in [7, 11) is 0. The van der Waals surface area contributed by atoms with Crippen LogP contribution in [-0.2, 0) is 24.4 Å². The highest BCUT2D eigenvalue weighted by Crippen LogP contribution is 2.48. The standard InChI is InChI=1S/C31H44N6O2/c1-23(2)17-37-14-9-30(16-27(37)29(38)39)8-13-35(21-30)18-24-3-5-25(6-4-24)19-36(20-28-32-11-12-33-28)22-31-15-26(31)7-10-34-31/h3-7,10-12,23,26-27,34H,8-9,13-22H2,1-2H3,(H,32,33)(H,38,39). The van der Waals surface area contributed by atoms with Crippen molar-refractivity contribution in [3.63, 3.8) is 0 Å². The molecule has 8 nitrogen and oxygen atoms in total. The number of aromatic amines is 1. The largest absolute Gasteiger partial charge is 0.480 e. The lowest BCUT2D eigenvalue weighted by Crippen LogP contribution is -2.52. The highest BCUT2D eigenvalue weighted by molar-refractivity contribution is 5.73. The third-order valence-corrected chi connectivity index (χ3v) is 9.50. The Hall–Kier alpha value is -2.68. The Morgan fingerprint density at radius 3 is 2.62 bits per heavy atom. The maximum atomic E-state index is 12.1. The van der Waals surface area contributed by atoms with E-state index in [4.69, 9.17) is 0 Å². The summed E-state index contributed by atoms with van der Waals surface area (Å²) in [4.78, 5) is 27.1. The summed E-state index contributed by atoms with van der Waals surface area (Å²) in [6.07, 6.45) is 12.4. The van der Waals surface area contributed by atoms with Crippen molar-refractivity contribution in [1.29, 1.82) is 0 Å². The lowest BCUT2D eigenvalue weighted by atomic mass is 9.74. The molecular formula is C31H44N6O2. The number of hydrogen-bond acceptors (Lipinski definition) is 6. The van der Waals surface area contributed by atoms with Crippen molar-refractivity contribution in [2.45, 2.75) is 70.7 Å². The fourth-order valence-electron chi connectivity index (χ4n) is 7.38. The van der Waals surface area contributed by atoms with Crippen molar-refractivity contribution in [1.82, 2.24) is 30.0 Å². The molecule has 4 aliphatic rings. The molecule has 1 aromatic carbocycles. The number of hydrogen-bond donors (Lipinski definition) is 3. The molecular weight excluding hydrogens is 488 g/mol. The van der Waals surface area contributed by atoms with Crippen molar-refractivity contribution >= 4 is 5.97 Å². The van der Waals surface area contributed by atoms with Crippen LogP contribution in [-0.4, -0.2) is 80.0 Å². The van der Waals surface area contributed by atoms with Crippen molar-refractivity contribution in [3.8, 4) is 0 Å². The summed E-state index contributed by atoms with van der Waals surface area (Å²) in [6.45, 7) is 11.8. The lowest BCUT2D eigenvalue weighted by Gasteiger charge is -2.44. The van der Waals surface area contributed by atoms with Gasteiger partial charge >= 0.3 is 5.97 Å². The summed E-state index contributed by atoms with van der Waals surface area (Å²) >= 11 is 0. The van der Waals surface area contributed by atoms with E-state index >= 15 is 0 Å². The van der Waals surface area contributed by atoms with E-state index in [0.717, 1.165) is 77.4 Å². The Balaban J connectivity index is 1.05. The number of nitrogens with one attached hydrogen (secondary N) is 2. The first kappa shape index (κ1) is 26.5. The zero-order valence-electron chi connectivity index (χ0n) is 23.5. The third kappa shape index (κ3) is 5.93. The molecule has 4 atom stereocenters. The van der Waals surface area contributed by atoms with E-state index in [2.05, 4.69) is 80.4 Å². The van der Waals surface area contributed by atoms with Crippen LogP contribution >= 0.6 is 0 Å². The van der Waals surface area contributed by atoms with E-state index in [1.54, 1.807) is 0 Å². The van der Waals surface area contributed by atoms with Gasteiger partial charge in [0.2, 0.25) is 0 Å². The minimum absolute atomic E-state index is 0.145. The van der Waals surface area contributed by atoms with E-state index in [9.17, 15) is 9.90 Å². The van der Waals surface area contributed by atoms with E-state index in [1.165, 1.54) is 17.5 Å². The molecule has 3 aliphatic heterocycles. The highest BCUT2D eigenvalue weighted by Gasteiger charge is 2.55. The number of nitrogens with zero attached hydrogens (tertiary/aromatic N) is 4. The Labute approximate surface area is 232 Å². The topological polar surface area (TPSA) is 87.7 Å². The molecule has 39 heavy (non-hydrogen) atoms. The van der Waals surface area contributed by atoms with Crippen LogP contribution in [0.5, 0.6) is 0 Å². The smallest absolute Gasteiger partial charge is 0.320 e. The summed E-state index contributed by atoms with van der Waals surface area (Å²) in [5.41, 5.74) is 3.02. The minimum Gasteiger partial charge on any atom is -0.480 e. The quantitative estimate of drug-likeness (QED) is 0.407. The highest BCUT2D eigenvalue weighted by atomic mass is 16.4. The number of carboxylic acid groups (broad SMARTS) is 1. The van der Waals surface area contributed by atoms with E-state index < -0.39 is 5.97 Å². The molecule has 0 bridgehead atoms. The second kappa shape index (κ2) is 10.7. The van der Waals surface area contributed by atoms with E-state index in [1.807, 2.05) is 12.4 Å². The zero-order chi connectivity index (χ0) is 27.0. The Morgan fingerprint density at radius 2 is 1.95 bits per heavy atom. The number of benzene rings is 1. The van der Waals surface area contributed by atoms with Gasteiger partial charge in [-0.15, -0.1) is 0 Å². The van der Waals surface area contributed by atoms with E-state index in [0.29, 0.717) is 11.8 Å². The van der Waals surface area contributed by atoms with Gasteiger partial charge in [-0.05, 0) is 67.4 Å². The summed E-state index contributed by atoms with van der Waals surface area (Å²) in [5, 5.41) is 13.6. The van der Waals surface area contributed by atoms with Crippen molar-refractivity contribution in [2.24, 2.45) is 17.3 Å². The molecule has 4 heterocycles. The van der Waals surface area contributed by atoms with Crippen LogP contribution < -0.4 is 5.32 Å². The average molecular weight is 533 g/mol. The number of carbonyl (C=O) groups is 1. The zero-order valence-corrected chi connectivity index (χ0v) is 23.5. The number of H-pyrrole nitrogens is 1. The molecule has 210 valence electrons. The second-order valence-electron chi connectivity index (χ2n) is 13.1. The van der Waals surface area contributed by atoms with Crippen LogP contribution in [0.15, 0.2) is 48.9 Å². The van der Waals surface area contributed by atoms with Crippen LogP contribution in [0.25, 0.3) is 0 Å². The maximum Gasteiger partial charge on any atom is 0.320 e. The number of rotatable bonds is 11. The van der Waals surface area contributed by atoms with Gasteiger partial charge in [0, 0.05) is 51.0 Å². The second-order valence-corrected chi connectivity index (χ2v) is 13.1. The number of imidazole rings is 1. The summed E-state index contributed by atoms with van der Waals surface area (Å²) in [6, 6.07) is 8.78. The van der Waals surface area contributed by atoms with Gasteiger partial charge < -0.3 is 15.4 Å². The number of aliphatic carboxylic acids is 1. The Bertz CT molecular complexity index is 1160. The normalized spacial score (nSPS) is 30.4. The van der Waals surface area contributed by atoms with Crippen molar-refractivity contribution < 1.29 is 9.90 Å². The van der Waals surface area contributed by atoms with Crippen molar-refractivity contribution in [2.75, 3.05) is 32.7 Å². The molecule has 0 radical (unpaired) electrons. The van der Waals surface area contributed by atoms with Crippen LogP contribution in [0.1, 0.15) is 56.5 Å². The molecule has 6 rings (SSSR count). The van der Waals surface area contributed by atoms with Gasteiger partial charge in [-0.2, -0.15) is 0 Å². The number of likely N-dealkylation sites (tertiary alicyclic amines) is 2. The maximum absolute atomic E-state index is 12.1. The van der Waals surface area contributed by atoms with Crippen LogP contribution in [0.3, 0.4) is 0 Å². The minimum atomic E-state index is -0.651. The first-order valence-corrected chi connectivity index (χ1v) is 14.7. The van der Waals surface area contributed by atoms with Gasteiger partial charge in [-0.25, -0.2) is 4.98 Å². The van der Waals surface area contributed by atoms with Gasteiger partial charge in [-0.3, -0.25) is 19.5 Å². The molecule has 1 spiro atoms. The predicted octanol–water partition coefficient (Wildman–Crippen LogP) is 3.68. The molecule has 3 fully saturated rings. The van der Waals surface area contributed by atoms with Crippen LogP contribution in [0.4, 0.5) is 0 Å². The van der Waals surface area contributed by atoms with Gasteiger partial charge in [0.15, 0.2) is 0 Å². The molecule has 0 amide bonds. The fourth-order valence-corrected chi connectivity index (χ4v) is 7.38. The molecule has 3 N–H and O–H groups in total. The number of aromatic nitrogens is 2. The summed E-state index contributed by atoms with van der Waals surface area (Å²) in [5.74, 6) is 1.51.